The number of ether oxygens (including phenoxy) is 1. The number of benzene rings is 2. The van der Waals surface area contributed by atoms with Crippen molar-refractivity contribution in [3.63, 3.8) is 0 Å². The number of amides is 2. The molecule has 1 heterocycles. The molecule has 0 spiro atoms. The van der Waals surface area contributed by atoms with Crippen molar-refractivity contribution >= 4 is 11.8 Å². The molecule has 1 N–H and O–H groups in total. The molecule has 3 rings (SSSR count). The van der Waals surface area contributed by atoms with Crippen LogP contribution < -0.4 is 10.1 Å². The van der Waals surface area contributed by atoms with Crippen LogP contribution in [0.3, 0.4) is 0 Å². The number of likely N-dealkylation sites (tertiary alicyclic amines) is 1. The van der Waals surface area contributed by atoms with Crippen molar-refractivity contribution in [1.82, 2.24) is 10.2 Å². The van der Waals surface area contributed by atoms with Gasteiger partial charge in [0.25, 0.3) is 5.91 Å². The minimum atomic E-state index is -0.304. The van der Waals surface area contributed by atoms with Crippen LogP contribution in [-0.2, 0) is 4.79 Å². The van der Waals surface area contributed by atoms with E-state index in [2.05, 4.69) is 5.32 Å². The van der Waals surface area contributed by atoms with Gasteiger partial charge in [0.1, 0.15) is 5.75 Å². The molecule has 130 valence electrons. The van der Waals surface area contributed by atoms with Crippen molar-refractivity contribution in [2.24, 2.45) is 0 Å². The third kappa shape index (κ3) is 3.82. The highest BCUT2D eigenvalue weighted by Crippen LogP contribution is 2.31. The Bertz CT molecular complexity index is 746. The molecule has 2 amide bonds. The summed E-state index contributed by atoms with van der Waals surface area (Å²) in [4.78, 5) is 26.8. The summed E-state index contributed by atoms with van der Waals surface area (Å²) in [6.45, 7) is 0.711. The normalized spacial score (nSPS) is 16.5. The smallest absolute Gasteiger partial charge is 0.255 e. The highest BCUT2D eigenvalue weighted by molar-refractivity contribution is 5.98. The fraction of sp³-hybridized carbons (Fsp3) is 0.300. The first-order chi connectivity index (χ1) is 12.2. The van der Waals surface area contributed by atoms with E-state index in [0.29, 0.717) is 11.3 Å². The van der Waals surface area contributed by atoms with Gasteiger partial charge >= 0.3 is 0 Å². The van der Waals surface area contributed by atoms with Gasteiger partial charge in [0.2, 0.25) is 5.91 Å². The number of methoxy groups -OCH3 is 1. The van der Waals surface area contributed by atoms with E-state index in [9.17, 15) is 9.59 Å². The molecule has 0 bridgehead atoms. The lowest BCUT2D eigenvalue weighted by molar-refractivity contribution is -0.131. The molecule has 5 nitrogen and oxygen atoms in total. The standard InChI is InChI=1S/C20H22N2O3/c1-25-18-12-6-5-10-16(18)20(24)21-14-19(23)22-13-7-11-17(22)15-8-3-2-4-9-15/h2-6,8-10,12,17H,7,11,13-14H2,1H3,(H,21,24). The zero-order chi connectivity index (χ0) is 17.6. The molecule has 0 saturated carbocycles. The van der Waals surface area contributed by atoms with Crippen molar-refractivity contribution in [1.29, 1.82) is 0 Å². The molecule has 1 unspecified atom stereocenters. The number of hydrogen-bond acceptors (Lipinski definition) is 3. The Morgan fingerprint density at radius 2 is 1.84 bits per heavy atom. The molecule has 25 heavy (non-hydrogen) atoms. The second-order valence-electron chi connectivity index (χ2n) is 6.04. The molecule has 1 saturated heterocycles. The van der Waals surface area contributed by atoms with Crippen LogP contribution >= 0.6 is 0 Å². The zero-order valence-corrected chi connectivity index (χ0v) is 14.3. The monoisotopic (exact) mass is 338 g/mol. The average molecular weight is 338 g/mol. The van der Waals surface area contributed by atoms with E-state index < -0.39 is 0 Å². The molecule has 2 aromatic carbocycles. The van der Waals surface area contributed by atoms with Gasteiger partial charge in [-0.05, 0) is 30.5 Å². The van der Waals surface area contributed by atoms with Gasteiger partial charge < -0.3 is 15.0 Å². The van der Waals surface area contributed by atoms with E-state index in [0.717, 1.165) is 24.9 Å². The maximum Gasteiger partial charge on any atom is 0.255 e. The van der Waals surface area contributed by atoms with E-state index >= 15 is 0 Å². The zero-order valence-electron chi connectivity index (χ0n) is 14.3. The number of hydrogen-bond donors (Lipinski definition) is 1. The van der Waals surface area contributed by atoms with E-state index in [1.807, 2.05) is 35.2 Å². The molecule has 1 atom stereocenters. The van der Waals surface area contributed by atoms with Crippen molar-refractivity contribution in [2.45, 2.75) is 18.9 Å². The van der Waals surface area contributed by atoms with Crippen molar-refractivity contribution in [3.8, 4) is 5.75 Å². The first kappa shape index (κ1) is 17.0. The number of rotatable bonds is 5. The lowest BCUT2D eigenvalue weighted by Gasteiger charge is -2.25. The number of carbonyl (C=O) groups excluding carboxylic acids is 2. The fourth-order valence-corrected chi connectivity index (χ4v) is 3.27. The average Bonchev–Trinajstić information content (AvgIpc) is 3.16. The maximum atomic E-state index is 12.6. The third-order valence-electron chi connectivity index (χ3n) is 4.51. The highest BCUT2D eigenvalue weighted by atomic mass is 16.5. The second kappa shape index (κ2) is 7.83. The van der Waals surface area contributed by atoms with Crippen molar-refractivity contribution < 1.29 is 14.3 Å². The predicted octanol–water partition coefficient (Wildman–Crippen LogP) is 2.79. The Kier molecular flexibility index (Phi) is 5.33. The second-order valence-corrected chi connectivity index (χ2v) is 6.04. The molecule has 0 radical (unpaired) electrons. The Morgan fingerprint density at radius 3 is 2.60 bits per heavy atom. The summed E-state index contributed by atoms with van der Waals surface area (Å²) < 4.78 is 5.19. The Morgan fingerprint density at radius 1 is 1.12 bits per heavy atom. The van der Waals surface area contributed by atoms with Gasteiger partial charge in [0, 0.05) is 6.54 Å². The summed E-state index contributed by atoms with van der Waals surface area (Å²) in [7, 11) is 1.52. The molecule has 1 aliphatic rings. The molecule has 5 heteroatoms. The van der Waals surface area contributed by atoms with Crippen LogP contribution in [-0.4, -0.2) is 36.9 Å². The van der Waals surface area contributed by atoms with Crippen LogP contribution in [0.1, 0.15) is 34.8 Å². The van der Waals surface area contributed by atoms with Gasteiger partial charge in [-0.15, -0.1) is 0 Å². The lowest BCUT2D eigenvalue weighted by atomic mass is 10.0. The van der Waals surface area contributed by atoms with Gasteiger partial charge in [-0.2, -0.15) is 0 Å². The van der Waals surface area contributed by atoms with Gasteiger partial charge in [-0.3, -0.25) is 9.59 Å². The van der Waals surface area contributed by atoms with E-state index in [1.54, 1.807) is 24.3 Å². The SMILES string of the molecule is COc1ccccc1C(=O)NCC(=O)N1CCCC1c1ccccc1. The van der Waals surface area contributed by atoms with Crippen molar-refractivity contribution in [2.75, 3.05) is 20.2 Å². The first-order valence-corrected chi connectivity index (χ1v) is 8.46. The van der Waals surface area contributed by atoms with E-state index in [4.69, 9.17) is 4.74 Å². The van der Waals surface area contributed by atoms with Gasteiger partial charge in [0.05, 0.1) is 25.3 Å². The molecule has 1 aliphatic heterocycles. The quantitative estimate of drug-likeness (QED) is 0.912. The van der Waals surface area contributed by atoms with Gasteiger partial charge in [0.15, 0.2) is 0 Å². The van der Waals surface area contributed by atoms with E-state index in [1.165, 1.54) is 7.11 Å². The lowest BCUT2D eigenvalue weighted by Crippen LogP contribution is -2.39. The van der Waals surface area contributed by atoms with E-state index in [-0.39, 0.29) is 24.4 Å². The predicted molar refractivity (Wildman–Crippen MR) is 95.5 cm³/mol. The van der Waals surface area contributed by atoms with Crippen LogP contribution in [0.5, 0.6) is 5.75 Å². The van der Waals surface area contributed by atoms with Crippen LogP contribution in [0, 0.1) is 0 Å². The number of carbonyl (C=O) groups is 2. The summed E-state index contributed by atoms with van der Waals surface area (Å²) in [5.74, 6) is 0.131. The number of nitrogens with zero attached hydrogens (tertiary/aromatic N) is 1. The first-order valence-electron chi connectivity index (χ1n) is 8.46. The molecular weight excluding hydrogens is 316 g/mol. The topological polar surface area (TPSA) is 58.6 Å². The summed E-state index contributed by atoms with van der Waals surface area (Å²) in [5, 5.41) is 2.71. The van der Waals surface area contributed by atoms with Crippen LogP contribution in [0.25, 0.3) is 0 Å². The summed E-state index contributed by atoms with van der Waals surface area (Å²) >= 11 is 0. The number of para-hydroxylation sites is 1. The fourth-order valence-electron chi connectivity index (χ4n) is 3.27. The van der Waals surface area contributed by atoms with Crippen LogP contribution in [0.4, 0.5) is 0 Å². The molecule has 2 aromatic rings. The summed E-state index contributed by atoms with van der Waals surface area (Å²) in [5.41, 5.74) is 1.57. The van der Waals surface area contributed by atoms with Crippen molar-refractivity contribution in [3.05, 3.63) is 65.7 Å². The highest BCUT2D eigenvalue weighted by Gasteiger charge is 2.29. The van der Waals surface area contributed by atoms with Gasteiger partial charge in [-0.25, -0.2) is 0 Å². The third-order valence-corrected chi connectivity index (χ3v) is 4.51. The van der Waals surface area contributed by atoms with Crippen LogP contribution in [0.15, 0.2) is 54.6 Å². The largest absolute Gasteiger partial charge is 0.496 e. The summed E-state index contributed by atoms with van der Waals surface area (Å²) in [6.07, 6.45) is 1.93. The molecule has 0 aliphatic carbocycles. The Hall–Kier alpha value is -2.82. The molecule has 1 fully saturated rings. The molecular formula is C20H22N2O3. The Labute approximate surface area is 147 Å². The molecule has 0 aromatic heterocycles. The van der Waals surface area contributed by atoms with Crippen LogP contribution in [0.2, 0.25) is 0 Å². The van der Waals surface area contributed by atoms with Gasteiger partial charge in [-0.1, -0.05) is 42.5 Å². The minimum absolute atomic E-state index is 0.0137. The summed E-state index contributed by atoms with van der Waals surface area (Å²) in [6, 6.07) is 17.1. The minimum Gasteiger partial charge on any atom is -0.496 e. The number of nitrogens with one attached hydrogen (secondary N) is 1. The maximum absolute atomic E-state index is 12.6. The Balaban J connectivity index is 1.63.